The first-order valence-corrected chi connectivity index (χ1v) is 8.06. The van der Waals surface area contributed by atoms with Crippen LogP contribution in [0.4, 0.5) is 5.82 Å². The number of hydrogen-bond donors (Lipinski definition) is 1. The average molecular weight is 378 g/mol. The fourth-order valence-electron chi connectivity index (χ4n) is 2.09. The van der Waals surface area contributed by atoms with Gasteiger partial charge in [-0.3, -0.25) is 4.79 Å². The zero-order valence-corrected chi connectivity index (χ0v) is 14.6. The van der Waals surface area contributed by atoms with Crippen molar-refractivity contribution in [3.63, 3.8) is 0 Å². The number of aromatic nitrogens is 2. The minimum atomic E-state index is -0.390. The summed E-state index contributed by atoms with van der Waals surface area (Å²) in [4.78, 5) is 12.1. The van der Waals surface area contributed by atoms with Crippen LogP contribution >= 0.6 is 23.2 Å². The molecule has 128 valence electrons. The third-order valence-electron chi connectivity index (χ3n) is 3.36. The number of carbonyl (C=O) groups is 1. The number of ether oxygens (including phenoxy) is 1. The molecule has 0 unspecified atom stereocenters. The molecule has 3 aromatic rings. The number of hydrogen-bond acceptors (Lipinski definition) is 5. The van der Waals surface area contributed by atoms with Crippen molar-refractivity contribution in [2.75, 3.05) is 11.9 Å². The molecular formula is C17H13Cl2N3O3. The van der Waals surface area contributed by atoms with Gasteiger partial charge in [0.2, 0.25) is 5.82 Å². The Bertz CT molecular complexity index is 894. The number of nitrogens with one attached hydrogen (secondary N) is 1. The normalized spacial score (nSPS) is 10.5. The largest absolute Gasteiger partial charge is 0.484 e. The van der Waals surface area contributed by atoms with E-state index in [0.717, 1.165) is 11.1 Å². The van der Waals surface area contributed by atoms with Crippen LogP contribution in [0.2, 0.25) is 10.0 Å². The number of halogens is 2. The van der Waals surface area contributed by atoms with Crippen LogP contribution in [0.3, 0.4) is 0 Å². The molecule has 0 spiro atoms. The lowest BCUT2D eigenvalue weighted by Gasteiger charge is -2.07. The van der Waals surface area contributed by atoms with Crippen molar-refractivity contribution in [3.05, 3.63) is 58.1 Å². The van der Waals surface area contributed by atoms with Crippen LogP contribution in [-0.4, -0.2) is 22.8 Å². The van der Waals surface area contributed by atoms with E-state index in [1.165, 1.54) is 0 Å². The van der Waals surface area contributed by atoms with Gasteiger partial charge in [0.25, 0.3) is 5.91 Å². The van der Waals surface area contributed by atoms with Gasteiger partial charge in [0.15, 0.2) is 12.3 Å². The summed E-state index contributed by atoms with van der Waals surface area (Å²) in [5.41, 5.74) is 1.99. The number of amides is 1. The summed E-state index contributed by atoms with van der Waals surface area (Å²) in [5.74, 6) is 0.370. The van der Waals surface area contributed by atoms with Crippen LogP contribution < -0.4 is 10.1 Å². The number of carbonyl (C=O) groups excluding carboxylic acids is 1. The molecule has 1 amide bonds. The second kappa shape index (κ2) is 7.55. The highest BCUT2D eigenvalue weighted by Crippen LogP contribution is 2.25. The number of rotatable bonds is 5. The second-order valence-electron chi connectivity index (χ2n) is 5.22. The Hall–Kier alpha value is -2.57. The van der Waals surface area contributed by atoms with E-state index in [-0.39, 0.29) is 12.4 Å². The summed E-state index contributed by atoms with van der Waals surface area (Å²) in [7, 11) is 0. The fraction of sp³-hybridized carbons (Fsp3) is 0.118. The minimum absolute atomic E-state index is 0.187. The molecule has 1 N–H and O–H groups in total. The Morgan fingerprint density at radius 2 is 1.92 bits per heavy atom. The SMILES string of the molecule is Cc1cc(OCC(=O)Nc2nonc2-c2ccc(Cl)cc2)ccc1Cl. The lowest BCUT2D eigenvalue weighted by molar-refractivity contribution is -0.118. The molecule has 0 aliphatic heterocycles. The highest BCUT2D eigenvalue weighted by molar-refractivity contribution is 6.31. The highest BCUT2D eigenvalue weighted by atomic mass is 35.5. The summed E-state index contributed by atoms with van der Waals surface area (Å²) in [6.45, 7) is 1.67. The number of nitrogens with zero attached hydrogens (tertiary/aromatic N) is 2. The van der Waals surface area contributed by atoms with Gasteiger partial charge in [0.1, 0.15) is 5.75 Å². The van der Waals surface area contributed by atoms with Gasteiger partial charge in [-0.1, -0.05) is 35.3 Å². The molecule has 8 heteroatoms. The first-order valence-electron chi connectivity index (χ1n) is 7.30. The van der Waals surface area contributed by atoms with Gasteiger partial charge in [-0.2, -0.15) is 0 Å². The summed E-state index contributed by atoms with van der Waals surface area (Å²) in [6, 6.07) is 12.1. The molecule has 0 atom stereocenters. The predicted octanol–water partition coefficient (Wildman–Crippen LogP) is 4.37. The summed E-state index contributed by atoms with van der Waals surface area (Å²) in [5, 5.41) is 11.4. The Labute approximate surface area is 153 Å². The standard InChI is InChI=1S/C17H13Cl2N3O3/c1-10-8-13(6-7-14(10)19)24-9-15(23)20-17-16(21-25-22-17)11-2-4-12(18)5-3-11/h2-8H,9H2,1H3,(H,20,22,23). The molecule has 0 aliphatic carbocycles. The Morgan fingerprint density at radius 1 is 1.16 bits per heavy atom. The quantitative estimate of drug-likeness (QED) is 0.714. The number of anilines is 1. The molecule has 0 aliphatic rings. The fourth-order valence-corrected chi connectivity index (χ4v) is 2.34. The molecule has 0 radical (unpaired) electrons. The molecule has 0 fully saturated rings. The third kappa shape index (κ3) is 4.29. The Kier molecular flexibility index (Phi) is 5.21. The molecule has 25 heavy (non-hydrogen) atoms. The maximum Gasteiger partial charge on any atom is 0.263 e. The van der Waals surface area contributed by atoms with Gasteiger partial charge in [-0.15, -0.1) is 0 Å². The van der Waals surface area contributed by atoms with Crippen LogP contribution in [0.5, 0.6) is 5.75 Å². The van der Waals surface area contributed by atoms with Gasteiger partial charge in [-0.05, 0) is 53.1 Å². The van der Waals surface area contributed by atoms with E-state index in [1.54, 1.807) is 42.5 Å². The number of aryl methyl sites for hydroxylation is 1. The zero-order valence-electron chi connectivity index (χ0n) is 13.1. The van der Waals surface area contributed by atoms with Gasteiger partial charge in [0, 0.05) is 15.6 Å². The van der Waals surface area contributed by atoms with Crippen LogP contribution in [0.25, 0.3) is 11.3 Å². The maximum absolute atomic E-state index is 12.1. The molecule has 1 aromatic heterocycles. The molecule has 0 saturated carbocycles. The van der Waals surface area contributed by atoms with Crippen LogP contribution in [-0.2, 0) is 4.79 Å². The van der Waals surface area contributed by atoms with Crippen LogP contribution in [0, 0.1) is 6.92 Å². The molecular weight excluding hydrogens is 365 g/mol. The highest BCUT2D eigenvalue weighted by Gasteiger charge is 2.15. The topological polar surface area (TPSA) is 77.2 Å². The van der Waals surface area contributed by atoms with Gasteiger partial charge in [0.05, 0.1) is 0 Å². The van der Waals surface area contributed by atoms with E-state index in [2.05, 4.69) is 15.6 Å². The monoisotopic (exact) mass is 377 g/mol. The zero-order chi connectivity index (χ0) is 17.8. The Morgan fingerprint density at radius 3 is 2.64 bits per heavy atom. The van der Waals surface area contributed by atoms with Crippen molar-refractivity contribution in [3.8, 4) is 17.0 Å². The van der Waals surface area contributed by atoms with Crippen molar-refractivity contribution < 1.29 is 14.2 Å². The minimum Gasteiger partial charge on any atom is -0.484 e. The van der Waals surface area contributed by atoms with Crippen molar-refractivity contribution in [2.45, 2.75) is 6.92 Å². The van der Waals surface area contributed by atoms with E-state index < -0.39 is 5.91 Å². The van der Waals surface area contributed by atoms with Crippen molar-refractivity contribution >= 4 is 34.9 Å². The smallest absolute Gasteiger partial charge is 0.263 e. The van der Waals surface area contributed by atoms with E-state index in [1.807, 2.05) is 6.92 Å². The average Bonchev–Trinajstić information content (AvgIpc) is 3.05. The van der Waals surface area contributed by atoms with E-state index in [9.17, 15) is 4.79 Å². The van der Waals surface area contributed by atoms with E-state index in [4.69, 9.17) is 32.6 Å². The maximum atomic E-state index is 12.1. The van der Waals surface area contributed by atoms with E-state index >= 15 is 0 Å². The van der Waals surface area contributed by atoms with E-state index in [0.29, 0.717) is 21.5 Å². The first kappa shape index (κ1) is 17.3. The number of benzene rings is 2. The van der Waals surface area contributed by atoms with Gasteiger partial charge < -0.3 is 10.1 Å². The second-order valence-corrected chi connectivity index (χ2v) is 6.06. The molecule has 0 bridgehead atoms. The van der Waals surface area contributed by atoms with Crippen LogP contribution in [0.1, 0.15) is 5.56 Å². The molecule has 1 heterocycles. The summed E-state index contributed by atoms with van der Waals surface area (Å²) in [6.07, 6.45) is 0. The van der Waals surface area contributed by atoms with Crippen molar-refractivity contribution in [1.29, 1.82) is 0 Å². The van der Waals surface area contributed by atoms with Crippen molar-refractivity contribution in [1.82, 2.24) is 10.3 Å². The van der Waals surface area contributed by atoms with Gasteiger partial charge in [-0.25, -0.2) is 4.63 Å². The Balaban J connectivity index is 1.64. The first-order chi connectivity index (χ1) is 12.0. The van der Waals surface area contributed by atoms with Gasteiger partial charge >= 0.3 is 0 Å². The summed E-state index contributed by atoms with van der Waals surface area (Å²) < 4.78 is 10.2. The molecule has 0 saturated heterocycles. The summed E-state index contributed by atoms with van der Waals surface area (Å²) >= 11 is 11.8. The predicted molar refractivity (Wildman–Crippen MR) is 95.1 cm³/mol. The lowest BCUT2D eigenvalue weighted by atomic mass is 10.1. The third-order valence-corrected chi connectivity index (χ3v) is 4.04. The molecule has 3 rings (SSSR count). The van der Waals surface area contributed by atoms with Crippen molar-refractivity contribution in [2.24, 2.45) is 0 Å². The molecule has 6 nitrogen and oxygen atoms in total. The lowest BCUT2D eigenvalue weighted by Crippen LogP contribution is -2.20. The molecule has 2 aromatic carbocycles. The van der Waals surface area contributed by atoms with Crippen LogP contribution in [0.15, 0.2) is 47.1 Å².